The molecule has 7 heteroatoms. The van der Waals surface area contributed by atoms with Crippen molar-refractivity contribution in [1.29, 1.82) is 0 Å². The van der Waals surface area contributed by atoms with Crippen molar-refractivity contribution >= 4 is 45.6 Å². The van der Waals surface area contributed by atoms with Crippen molar-refractivity contribution in [2.75, 3.05) is 10.6 Å². The van der Waals surface area contributed by atoms with Gasteiger partial charge in [-0.2, -0.15) is 0 Å². The molecule has 1 heterocycles. The monoisotopic (exact) mass is 439 g/mol. The molecule has 2 amide bonds. The van der Waals surface area contributed by atoms with E-state index in [0.29, 0.717) is 21.4 Å². The molecule has 0 saturated carbocycles. The van der Waals surface area contributed by atoms with Crippen LogP contribution in [0.2, 0.25) is 5.02 Å². The number of aryl methyl sites for hydroxylation is 2. The first-order valence-electron chi connectivity index (χ1n) is 9.86. The van der Waals surface area contributed by atoms with Gasteiger partial charge < -0.3 is 5.32 Å². The average molecular weight is 440 g/mol. The third-order valence-electron chi connectivity index (χ3n) is 5.33. The number of benzene rings is 2. The molecule has 0 aliphatic heterocycles. The fourth-order valence-electron chi connectivity index (χ4n) is 3.56. The topological polar surface area (TPSA) is 71.1 Å². The van der Waals surface area contributed by atoms with Crippen molar-refractivity contribution < 1.29 is 9.59 Å². The van der Waals surface area contributed by atoms with E-state index in [-0.39, 0.29) is 17.7 Å². The molecule has 2 N–H and O–H groups in total. The molecule has 3 aromatic rings. The number of anilines is 2. The third-order valence-corrected chi connectivity index (χ3v) is 6.79. The summed E-state index contributed by atoms with van der Waals surface area (Å²) in [6, 6.07) is 12.9. The molecule has 1 atom stereocenters. The lowest BCUT2D eigenvalue weighted by atomic mass is 9.90. The highest BCUT2D eigenvalue weighted by molar-refractivity contribution is 7.16. The van der Waals surface area contributed by atoms with Gasteiger partial charge in [-0.15, -0.1) is 11.3 Å². The summed E-state index contributed by atoms with van der Waals surface area (Å²) in [5, 5.41) is 7.03. The standard InChI is InChI=1S/C23H22ClN3O2S/c1-13-9-11-15(12-10-13)21(28)27-23-26-20-16(5-3-8-19(20)30-23)22(29)25-18-7-4-6-17(24)14(18)2/h4,6-7,9-12,16H,3,5,8H2,1-2H3,(H,25,29)(H,26,27,28). The Morgan fingerprint density at radius 2 is 1.87 bits per heavy atom. The Hall–Kier alpha value is -2.70. The average Bonchev–Trinajstić information content (AvgIpc) is 3.14. The molecule has 0 radical (unpaired) electrons. The van der Waals surface area contributed by atoms with Crippen molar-refractivity contribution in [1.82, 2.24) is 4.98 Å². The van der Waals surface area contributed by atoms with Gasteiger partial charge in [-0.1, -0.05) is 35.4 Å². The number of carbonyl (C=O) groups excluding carboxylic acids is 2. The number of thiazole rings is 1. The Labute approximate surface area is 184 Å². The van der Waals surface area contributed by atoms with Crippen LogP contribution in [0.4, 0.5) is 10.8 Å². The summed E-state index contributed by atoms with van der Waals surface area (Å²) in [7, 11) is 0. The molecule has 1 unspecified atom stereocenters. The van der Waals surface area contributed by atoms with Gasteiger partial charge in [-0.25, -0.2) is 4.98 Å². The predicted octanol–water partition coefficient (Wildman–Crippen LogP) is 5.72. The highest BCUT2D eigenvalue weighted by Gasteiger charge is 2.31. The van der Waals surface area contributed by atoms with E-state index in [2.05, 4.69) is 15.6 Å². The Kier molecular flexibility index (Phi) is 5.88. The molecule has 30 heavy (non-hydrogen) atoms. The Bertz CT molecular complexity index is 1110. The number of aromatic nitrogens is 1. The van der Waals surface area contributed by atoms with Gasteiger partial charge in [0.1, 0.15) is 0 Å². The van der Waals surface area contributed by atoms with Crippen LogP contribution in [-0.2, 0) is 11.2 Å². The zero-order chi connectivity index (χ0) is 21.3. The lowest BCUT2D eigenvalue weighted by Gasteiger charge is -2.21. The van der Waals surface area contributed by atoms with Gasteiger partial charge in [-0.3, -0.25) is 14.9 Å². The van der Waals surface area contributed by atoms with Crippen molar-refractivity contribution in [2.24, 2.45) is 0 Å². The first-order valence-corrected chi connectivity index (χ1v) is 11.1. The van der Waals surface area contributed by atoms with Crippen molar-refractivity contribution in [2.45, 2.75) is 39.0 Å². The second-order valence-corrected chi connectivity index (χ2v) is 8.98. The van der Waals surface area contributed by atoms with Crippen molar-refractivity contribution in [3.8, 4) is 0 Å². The Morgan fingerprint density at radius 1 is 1.10 bits per heavy atom. The van der Waals surface area contributed by atoms with Crippen LogP contribution in [-0.4, -0.2) is 16.8 Å². The van der Waals surface area contributed by atoms with Crippen LogP contribution >= 0.6 is 22.9 Å². The Balaban J connectivity index is 1.52. The van der Waals surface area contributed by atoms with E-state index in [1.165, 1.54) is 11.3 Å². The maximum Gasteiger partial charge on any atom is 0.257 e. The highest BCUT2D eigenvalue weighted by atomic mass is 35.5. The van der Waals surface area contributed by atoms with Gasteiger partial charge in [0.2, 0.25) is 5.91 Å². The van der Waals surface area contributed by atoms with Gasteiger partial charge >= 0.3 is 0 Å². The zero-order valence-corrected chi connectivity index (χ0v) is 18.4. The summed E-state index contributed by atoms with van der Waals surface area (Å²) in [5.41, 5.74) is 4.00. The molecule has 1 aliphatic rings. The normalized spacial score (nSPS) is 15.4. The molecular formula is C23H22ClN3O2S. The van der Waals surface area contributed by atoms with E-state index < -0.39 is 0 Å². The van der Waals surface area contributed by atoms with Gasteiger partial charge in [0.05, 0.1) is 11.6 Å². The van der Waals surface area contributed by atoms with Crippen LogP contribution in [0.15, 0.2) is 42.5 Å². The number of nitrogens with one attached hydrogen (secondary N) is 2. The van der Waals surface area contributed by atoms with Crippen LogP contribution in [0.3, 0.4) is 0 Å². The van der Waals surface area contributed by atoms with E-state index in [0.717, 1.165) is 41.0 Å². The van der Waals surface area contributed by atoms with Gasteiger partial charge in [-0.05, 0) is 62.9 Å². The molecule has 0 bridgehead atoms. The van der Waals surface area contributed by atoms with Crippen LogP contribution in [0, 0.1) is 13.8 Å². The maximum atomic E-state index is 13.0. The minimum absolute atomic E-state index is 0.0944. The minimum Gasteiger partial charge on any atom is -0.325 e. The highest BCUT2D eigenvalue weighted by Crippen LogP contribution is 2.38. The molecular weight excluding hydrogens is 418 g/mol. The summed E-state index contributed by atoms with van der Waals surface area (Å²) in [6.45, 7) is 3.86. The van der Waals surface area contributed by atoms with Gasteiger partial charge in [0.15, 0.2) is 5.13 Å². The van der Waals surface area contributed by atoms with E-state index >= 15 is 0 Å². The first kappa shape index (κ1) is 20.6. The fraction of sp³-hybridized carbons (Fsp3) is 0.261. The van der Waals surface area contributed by atoms with Crippen molar-refractivity contribution in [3.63, 3.8) is 0 Å². The first-order chi connectivity index (χ1) is 14.4. The number of nitrogens with zero attached hydrogens (tertiary/aromatic N) is 1. The second kappa shape index (κ2) is 8.58. The predicted molar refractivity (Wildman–Crippen MR) is 122 cm³/mol. The van der Waals surface area contributed by atoms with Crippen LogP contribution < -0.4 is 10.6 Å². The number of halogens is 1. The summed E-state index contributed by atoms with van der Waals surface area (Å²) in [4.78, 5) is 31.2. The van der Waals surface area contributed by atoms with E-state index in [4.69, 9.17) is 11.6 Å². The fourth-order valence-corrected chi connectivity index (χ4v) is 4.80. The summed E-state index contributed by atoms with van der Waals surface area (Å²) < 4.78 is 0. The van der Waals surface area contributed by atoms with Gasteiger partial charge in [0.25, 0.3) is 5.91 Å². The summed E-state index contributed by atoms with van der Waals surface area (Å²) >= 11 is 7.62. The minimum atomic E-state index is -0.339. The molecule has 4 rings (SSSR count). The number of fused-ring (bicyclic) bond motifs is 1. The lowest BCUT2D eigenvalue weighted by Crippen LogP contribution is -2.25. The maximum absolute atomic E-state index is 13.0. The van der Waals surface area contributed by atoms with E-state index in [1.54, 1.807) is 18.2 Å². The number of rotatable bonds is 4. The summed E-state index contributed by atoms with van der Waals surface area (Å²) in [5.74, 6) is -0.631. The molecule has 1 aliphatic carbocycles. The molecule has 1 aromatic heterocycles. The van der Waals surface area contributed by atoms with Crippen LogP contribution in [0.1, 0.15) is 50.8 Å². The van der Waals surface area contributed by atoms with Crippen LogP contribution in [0.5, 0.6) is 0 Å². The smallest absolute Gasteiger partial charge is 0.257 e. The lowest BCUT2D eigenvalue weighted by molar-refractivity contribution is -0.117. The molecule has 5 nitrogen and oxygen atoms in total. The number of hydrogen-bond acceptors (Lipinski definition) is 4. The quantitative estimate of drug-likeness (QED) is 0.545. The second-order valence-electron chi connectivity index (χ2n) is 7.49. The van der Waals surface area contributed by atoms with Crippen LogP contribution in [0.25, 0.3) is 0 Å². The molecule has 0 saturated heterocycles. The van der Waals surface area contributed by atoms with E-state index in [1.807, 2.05) is 38.1 Å². The SMILES string of the molecule is Cc1ccc(C(=O)Nc2nc3c(s2)CCCC3C(=O)Nc2cccc(Cl)c2C)cc1. The number of hydrogen-bond donors (Lipinski definition) is 2. The van der Waals surface area contributed by atoms with Crippen molar-refractivity contribution in [3.05, 3.63) is 74.7 Å². The Morgan fingerprint density at radius 3 is 2.63 bits per heavy atom. The third kappa shape index (κ3) is 4.25. The summed E-state index contributed by atoms with van der Waals surface area (Å²) in [6.07, 6.45) is 2.51. The molecule has 154 valence electrons. The molecule has 0 fully saturated rings. The zero-order valence-electron chi connectivity index (χ0n) is 16.8. The largest absolute Gasteiger partial charge is 0.325 e. The molecule has 2 aromatic carbocycles. The number of amides is 2. The van der Waals surface area contributed by atoms with Gasteiger partial charge in [0, 0.05) is 21.2 Å². The molecule has 0 spiro atoms. The number of carbonyl (C=O) groups is 2. The van der Waals surface area contributed by atoms with E-state index in [9.17, 15) is 9.59 Å².